The van der Waals surface area contributed by atoms with Crippen LogP contribution in [0.15, 0.2) is 30.3 Å². The highest BCUT2D eigenvalue weighted by Gasteiger charge is 2.34. The molecule has 166 valence electrons. The molecule has 0 unspecified atom stereocenters. The molecule has 0 saturated heterocycles. The number of nitrogen functional groups attached to an aromatic ring is 1. The van der Waals surface area contributed by atoms with E-state index in [1.54, 1.807) is 23.1 Å². The summed E-state index contributed by atoms with van der Waals surface area (Å²) in [4.78, 5) is 19.5. The number of amides is 1. The summed E-state index contributed by atoms with van der Waals surface area (Å²) in [5, 5.41) is 7.80. The van der Waals surface area contributed by atoms with Crippen LogP contribution in [0, 0.1) is 0 Å². The molecule has 3 heterocycles. The summed E-state index contributed by atoms with van der Waals surface area (Å²) in [6, 6.07) is 7.42. The molecule has 0 atom stereocenters. The zero-order valence-electron chi connectivity index (χ0n) is 17.0. The third kappa shape index (κ3) is 3.64. The molecule has 1 aliphatic carbocycles. The van der Waals surface area contributed by atoms with Gasteiger partial charge in [0.1, 0.15) is 5.82 Å². The Bertz CT molecular complexity index is 1190. The molecule has 0 radical (unpaired) electrons. The number of carbonyl (C=O) groups is 1. The second-order valence-electron chi connectivity index (χ2n) is 8.10. The van der Waals surface area contributed by atoms with Crippen molar-refractivity contribution >= 4 is 22.6 Å². The van der Waals surface area contributed by atoms with Crippen molar-refractivity contribution in [3.8, 4) is 0 Å². The maximum absolute atomic E-state index is 13.4. The Labute approximate surface area is 181 Å². The maximum Gasteiger partial charge on any atom is 0.435 e. The van der Waals surface area contributed by atoms with Gasteiger partial charge < -0.3 is 15.4 Å². The van der Waals surface area contributed by atoms with Gasteiger partial charge in [0.15, 0.2) is 5.69 Å². The van der Waals surface area contributed by atoms with Crippen molar-refractivity contribution in [2.75, 3.05) is 5.73 Å². The van der Waals surface area contributed by atoms with E-state index >= 15 is 0 Å². The standard InChI is InChI=1S/C22H20F3N5O2/c23-22(24,25)19-7-5-13(28-29-19)9-30(14-2-1-3-14)21(31)12-4-6-18-15(8-12)16-10-32-11-17(16)20(26)27-18/h4-8,14H,1-3,9-11H2,(H2,26,27). The normalized spacial score (nSPS) is 16.1. The molecule has 32 heavy (non-hydrogen) atoms. The molecule has 2 N–H and O–H groups in total. The number of aromatic nitrogens is 3. The number of ether oxygens (including phenoxy) is 1. The van der Waals surface area contributed by atoms with Crippen molar-refractivity contribution in [3.05, 3.63) is 58.4 Å². The van der Waals surface area contributed by atoms with Crippen molar-refractivity contribution in [1.29, 1.82) is 0 Å². The van der Waals surface area contributed by atoms with Gasteiger partial charge in [0.25, 0.3) is 5.91 Å². The van der Waals surface area contributed by atoms with Crippen LogP contribution >= 0.6 is 0 Å². The largest absolute Gasteiger partial charge is 0.435 e. The predicted molar refractivity (Wildman–Crippen MR) is 109 cm³/mol. The van der Waals surface area contributed by atoms with Crippen molar-refractivity contribution in [2.45, 2.75) is 51.2 Å². The summed E-state index contributed by atoms with van der Waals surface area (Å²) in [5.41, 5.74) is 8.22. The molecule has 3 aromatic rings. The van der Waals surface area contributed by atoms with E-state index in [2.05, 4.69) is 15.2 Å². The van der Waals surface area contributed by atoms with Crippen molar-refractivity contribution in [2.24, 2.45) is 0 Å². The Balaban J connectivity index is 1.46. The minimum Gasteiger partial charge on any atom is -0.383 e. The highest BCUT2D eigenvalue weighted by atomic mass is 19.4. The van der Waals surface area contributed by atoms with E-state index in [1.165, 1.54) is 6.07 Å². The molecule has 2 aliphatic rings. The highest BCUT2D eigenvalue weighted by molar-refractivity contribution is 5.99. The van der Waals surface area contributed by atoms with Gasteiger partial charge in [-0.1, -0.05) is 0 Å². The molecule has 0 bridgehead atoms. The van der Waals surface area contributed by atoms with E-state index < -0.39 is 11.9 Å². The van der Waals surface area contributed by atoms with Crippen LogP contribution in [-0.2, 0) is 30.7 Å². The summed E-state index contributed by atoms with van der Waals surface area (Å²) in [7, 11) is 0. The molecule has 1 saturated carbocycles. The van der Waals surface area contributed by atoms with Gasteiger partial charge in [-0.2, -0.15) is 18.3 Å². The van der Waals surface area contributed by atoms with Crippen LogP contribution in [0.3, 0.4) is 0 Å². The second-order valence-corrected chi connectivity index (χ2v) is 8.10. The minimum atomic E-state index is -4.55. The van der Waals surface area contributed by atoms with Gasteiger partial charge in [0.05, 0.1) is 31.0 Å². The first-order valence-corrected chi connectivity index (χ1v) is 10.3. The lowest BCUT2D eigenvalue weighted by Crippen LogP contribution is -2.43. The van der Waals surface area contributed by atoms with Crippen LogP contribution in [0.5, 0.6) is 0 Å². The van der Waals surface area contributed by atoms with Crippen LogP contribution in [0.1, 0.15) is 52.1 Å². The Morgan fingerprint density at radius 2 is 1.91 bits per heavy atom. The molecule has 1 amide bonds. The molecule has 10 heteroatoms. The molecule has 5 rings (SSSR count). The number of nitrogens with two attached hydrogens (primary N) is 1. The fourth-order valence-corrected chi connectivity index (χ4v) is 4.10. The Kier molecular flexibility index (Phi) is 4.96. The molecular formula is C22H20F3N5O2. The third-order valence-corrected chi connectivity index (χ3v) is 6.09. The summed E-state index contributed by atoms with van der Waals surface area (Å²) >= 11 is 0. The van der Waals surface area contributed by atoms with Crippen LogP contribution in [0.2, 0.25) is 0 Å². The Morgan fingerprint density at radius 1 is 1.12 bits per heavy atom. The lowest BCUT2D eigenvalue weighted by molar-refractivity contribution is -0.141. The number of halogens is 3. The number of hydrogen-bond donors (Lipinski definition) is 1. The number of nitrogens with zero attached hydrogens (tertiary/aromatic N) is 4. The van der Waals surface area contributed by atoms with Gasteiger partial charge in [0, 0.05) is 22.6 Å². The predicted octanol–water partition coefficient (Wildman–Crippen LogP) is 3.85. The molecular weight excluding hydrogens is 423 g/mol. The molecule has 1 fully saturated rings. The molecule has 7 nitrogen and oxygen atoms in total. The van der Waals surface area contributed by atoms with E-state index in [0.717, 1.165) is 41.8 Å². The first-order valence-electron chi connectivity index (χ1n) is 10.3. The van der Waals surface area contributed by atoms with E-state index in [-0.39, 0.29) is 18.5 Å². The van der Waals surface area contributed by atoms with Gasteiger partial charge in [-0.15, -0.1) is 5.10 Å². The van der Waals surface area contributed by atoms with Crippen molar-refractivity contribution in [3.63, 3.8) is 0 Å². The summed E-state index contributed by atoms with van der Waals surface area (Å²) in [6.45, 7) is 0.890. The fourth-order valence-electron chi connectivity index (χ4n) is 4.10. The lowest BCUT2D eigenvalue weighted by atomic mass is 9.90. The number of anilines is 1. The van der Waals surface area contributed by atoms with Crippen molar-refractivity contribution < 1.29 is 22.7 Å². The van der Waals surface area contributed by atoms with Gasteiger partial charge in [-0.25, -0.2) is 4.98 Å². The summed E-state index contributed by atoms with van der Waals surface area (Å²) in [6.07, 6.45) is -1.87. The molecule has 0 spiro atoms. The van der Waals surface area contributed by atoms with Gasteiger partial charge >= 0.3 is 6.18 Å². The van der Waals surface area contributed by atoms with E-state index in [1.807, 2.05) is 0 Å². The molecule has 1 aliphatic heterocycles. The fraction of sp³-hybridized carbons (Fsp3) is 0.364. The number of pyridine rings is 1. The highest BCUT2D eigenvalue weighted by Crippen LogP contribution is 2.33. The number of rotatable bonds is 4. The minimum absolute atomic E-state index is 0.0147. The van der Waals surface area contributed by atoms with Gasteiger partial charge in [-0.3, -0.25) is 4.79 Å². The van der Waals surface area contributed by atoms with E-state index in [0.29, 0.717) is 35.8 Å². The second kappa shape index (κ2) is 7.70. The van der Waals surface area contributed by atoms with Gasteiger partial charge in [-0.05, 0) is 55.2 Å². The number of hydrogen-bond acceptors (Lipinski definition) is 6. The van der Waals surface area contributed by atoms with Crippen LogP contribution < -0.4 is 5.73 Å². The smallest absolute Gasteiger partial charge is 0.383 e. The Morgan fingerprint density at radius 3 is 2.56 bits per heavy atom. The number of benzene rings is 1. The van der Waals surface area contributed by atoms with Crippen LogP contribution in [-0.4, -0.2) is 32.0 Å². The van der Waals surface area contributed by atoms with E-state index in [9.17, 15) is 18.0 Å². The third-order valence-electron chi connectivity index (χ3n) is 6.09. The first kappa shape index (κ1) is 20.6. The van der Waals surface area contributed by atoms with Crippen LogP contribution in [0.25, 0.3) is 10.9 Å². The number of alkyl halides is 3. The van der Waals surface area contributed by atoms with Crippen molar-refractivity contribution in [1.82, 2.24) is 20.1 Å². The lowest BCUT2D eigenvalue weighted by Gasteiger charge is -2.37. The Hall–Kier alpha value is -3.27. The zero-order chi connectivity index (χ0) is 22.5. The molecule has 2 aromatic heterocycles. The first-order chi connectivity index (χ1) is 15.3. The van der Waals surface area contributed by atoms with E-state index in [4.69, 9.17) is 10.5 Å². The molecule has 1 aromatic carbocycles. The van der Waals surface area contributed by atoms with Gasteiger partial charge in [0.2, 0.25) is 0 Å². The average molecular weight is 443 g/mol. The topological polar surface area (TPSA) is 94.2 Å². The summed E-state index contributed by atoms with van der Waals surface area (Å²) in [5.74, 6) is 0.226. The number of fused-ring (bicyclic) bond motifs is 3. The SMILES string of the molecule is Nc1nc2ccc(C(=O)N(Cc3ccc(C(F)(F)F)nn3)C3CCC3)cc2c2c1COC2. The maximum atomic E-state index is 13.4. The zero-order valence-corrected chi connectivity index (χ0v) is 17.0. The van der Waals surface area contributed by atoms with Crippen LogP contribution in [0.4, 0.5) is 19.0 Å². The number of carbonyl (C=O) groups excluding carboxylic acids is 1. The monoisotopic (exact) mass is 443 g/mol. The average Bonchev–Trinajstić information content (AvgIpc) is 3.22. The summed E-state index contributed by atoms with van der Waals surface area (Å²) < 4.78 is 43.9. The quantitative estimate of drug-likeness (QED) is 0.658.